The van der Waals surface area contributed by atoms with Gasteiger partial charge in [0.2, 0.25) is 0 Å². The molecule has 0 atom stereocenters. The molecular formula is C26H23N3O4. The zero-order valence-corrected chi connectivity index (χ0v) is 18.8. The lowest BCUT2D eigenvalue weighted by molar-refractivity contribution is -0.384. The van der Waals surface area contributed by atoms with Gasteiger partial charge in [0.1, 0.15) is 5.70 Å². The van der Waals surface area contributed by atoms with Crippen LogP contribution in [0.3, 0.4) is 0 Å². The predicted octanol–water partition coefficient (Wildman–Crippen LogP) is 5.23. The number of aryl methyl sites for hydroxylation is 2. The van der Waals surface area contributed by atoms with Crippen molar-refractivity contribution in [2.75, 3.05) is 10.2 Å². The fraction of sp³-hybridized carbons (Fsp3) is 0.154. The van der Waals surface area contributed by atoms with E-state index in [9.17, 15) is 19.7 Å². The first-order chi connectivity index (χ1) is 15.7. The number of anilines is 2. The quantitative estimate of drug-likeness (QED) is 0.333. The maximum atomic E-state index is 13.6. The van der Waals surface area contributed by atoms with Crippen molar-refractivity contribution in [1.82, 2.24) is 0 Å². The number of carbonyl (C=O) groups excluding carboxylic acids is 2. The molecule has 0 saturated heterocycles. The Balaban J connectivity index is 1.88. The first kappa shape index (κ1) is 22.0. The second kappa shape index (κ2) is 8.35. The average molecular weight is 441 g/mol. The molecule has 0 bridgehead atoms. The number of imide groups is 1. The van der Waals surface area contributed by atoms with Gasteiger partial charge in [-0.15, -0.1) is 0 Å². The van der Waals surface area contributed by atoms with Gasteiger partial charge in [-0.25, -0.2) is 4.90 Å². The van der Waals surface area contributed by atoms with E-state index in [1.54, 1.807) is 12.1 Å². The van der Waals surface area contributed by atoms with Crippen LogP contribution in [0.1, 0.15) is 27.8 Å². The molecule has 166 valence electrons. The van der Waals surface area contributed by atoms with E-state index in [0.29, 0.717) is 16.9 Å². The highest BCUT2D eigenvalue weighted by Crippen LogP contribution is 2.36. The Morgan fingerprint density at radius 3 is 2.03 bits per heavy atom. The molecule has 3 aromatic rings. The maximum absolute atomic E-state index is 13.6. The van der Waals surface area contributed by atoms with Crippen LogP contribution < -0.4 is 10.2 Å². The molecule has 4 rings (SSSR count). The lowest BCUT2D eigenvalue weighted by atomic mass is 10.0. The van der Waals surface area contributed by atoms with Gasteiger partial charge in [0.05, 0.1) is 16.2 Å². The zero-order valence-electron chi connectivity index (χ0n) is 18.8. The number of rotatable bonds is 5. The van der Waals surface area contributed by atoms with Gasteiger partial charge in [-0.05, 0) is 79.8 Å². The van der Waals surface area contributed by atoms with Crippen molar-refractivity contribution < 1.29 is 14.5 Å². The molecule has 7 heteroatoms. The molecule has 0 unspecified atom stereocenters. The smallest absolute Gasteiger partial charge is 0.282 e. The first-order valence-corrected chi connectivity index (χ1v) is 10.5. The topological polar surface area (TPSA) is 92.6 Å². The summed E-state index contributed by atoms with van der Waals surface area (Å²) in [5.41, 5.74) is 5.68. The molecule has 0 radical (unpaired) electrons. The molecular weight excluding hydrogens is 418 g/mol. The third kappa shape index (κ3) is 3.78. The van der Waals surface area contributed by atoms with E-state index in [0.717, 1.165) is 22.3 Å². The fourth-order valence-electron chi connectivity index (χ4n) is 3.88. The van der Waals surface area contributed by atoms with Gasteiger partial charge in [0.25, 0.3) is 17.5 Å². The first-order valence-electron chi connectivity index (χ1n) is 10.5. The summed E-state index contributed by atoms with van der Waals surface area (Å²) in [5.74, 6) is -0.946. The van der Waals surface area contributed by atoms with Crippen LogP contribution in [0, 0.1) is 37.8 Å². The lowest BCUT2D eigenvalue weighted by Crippen LogP contribution is -2.33. The van der Waals surface area contributed by atoms with Crippen molar-refractivity contribution in [3.8, 4) is 0 Å². The minimum Gasteiger partial charge on any atom is -0.350 e. The van der Waals surface area contributed by atoms with E-state index in [1.807, 2.05) is 52.0 Å². The molecule has 0 fully saturated rings. The van der Waals surface area contributed by atoms with Gasteiger partial charge >= 0.3 is 0 Å². The standard InChI is InChI=1S/C26H23N3O4/c1-15-7-5-9-21(17(15)3)27-24-23(19-11-13-20(14-12-19)29(32)33)25(30)28(26(24)31)22-10-6-8-16(2)18(22)4/h5-14,27H,1-4H3. The molecule has 1 aliphatic rings. The van der Waals surface area contributed by atoms with Crippen LogP contribution in [-0.4, -0.2) is 16.7 Å². The van der Waals surface area contributed by atoms with Crippen molar-refractivity contribution in [1.29, 1.82) is 0 Å². The minimum atomic E-state index is -0.503. The van der Waals surface area contributed by atoms with E-state index >= 15 is 0 Å². The molecule has 0 spiro atoms. The van der Waals surface area contributed by atoms with E-state index in [2.05, 4.69) is 5.32 Å². The van der Waals surface area contributed by atoms with Crippen LogP contribution in [-0.2, 0) is 9.59 Å². The second-order valence-electron chi connectivity index (χ2n) is 8.09. The Morgan fingerprint density at radius 1 is 0.788 bits per heavy atom. The highest BCUT2D eigenvalue weighted by atomic mass is 16.6. The Kier molecular flexibility index (Phi) is 5.55. The van der Waals surface area contributed by atoms with E-state index < -0.39 is 16.7 Å². The van der Waals surface area contributed by atoms with Crippen LogP contribution in [0.25, 0.3) is 5.57 Å². The predicted molar refractivity (Wildman–Crippen MR) is 128 cm³/mol. The normalized spacial score (nSPS) is 13.6. The number of amides is 2. The summed E-state index contributed by atoms with van der Waals surface area (Å²) in [4.78, 5) is 39.0. The number of nitrogens with one attached hydrogen (secondary N) is 1. The largest absolute Gasteiger partial charge is 0.350 e. The Hall–Kier alpha value is -4.26. The monoisotopic (exact) mass is 441 g/mol. The summed E-state index contributed by atoms with van der Waals surface area (Å²) in [6, 6.07) is 16.8. The van der Waals surface area contributed by atoms with Gasteiger partial charge in [-0.2, -0.15) is 0 Å². The third-order valence-electron chi connectivity index (χ3n) is 6.13. The Labute approximate surface area is 191 Å². The molecule has 1 heterocycles. The summed E-state index contributed by atoms with van der Waals surface area (Å²) in [6.07, 6.45) is 0. The van der Waals surface area contributed by atoms with Gasteiger partial charge < -0.3 is 5.32 Å². The van der Waals surface area contributed by atoms with Crippen molar-refractivity contribution in [2.45, 2.75) is 27.7 Å². The van der Waals surface area contributed by atoms with Gasteiger partial charge in [-0.1, -0.05) is 24.3 Å². The van der Waals surface area contributed by atoms with Crippen molar-refractivity contribution >= 4 is 34.4 Å². The molecule has 0 aliphatic carbocycles. The number of hydrogen-bond donors (Lipinski definition) is 1. The average Bonchev–Trinajstić information content (AvgIpc) is 3.03. The molecule has 0 aromatic heterocycles. The van der Waals surface area contributed by atoms with Crippen LogP contribution in [0.5, 0.6) is 0 Å². The molecule has 2 amide bonds. The van der Waals surface area contributed by atoms with Crippen LogP contribution in [0.2, 0.25) is 0 Å². The van der Waals surface area contributed by atoms with E-state index in [1.165, 1.54) is 29.2 Å². The van der Waals surface area contributed by atoms with Crippen LogP contribution in [0.4, 0.5) is 17.1 Å². The molecule has 1 aliphatic heterocycles. The molecule has 3 aromatic carbocycles. The number of carbonyl (C=O) groups is 2. The Morgan fingerprint density at radius 2 is 1.39 bits per heavy atom. The number of non-ortho nitro benzene ring substituents is 1. The van der Waals surface area contributed by atoms with Gasteiger partial charge in [0, 0.05) is 17.8 Å². The highest BCUT2D eigenvalue weighted by Gasteiger charge is 2.41. The number of hydrogen-bond acceptors (Lipinski definition) is 5. The van der Waals surface area contributed by atoms with Crippen LogP contribution in [0.15, 0.2) is 66.4 Å². The molecule has 1 N–H and O–H groups in total. The highest BCUT2D eigenvalue weighted by molar-refractivity contribution is 6.46. The van der Waals surface area contributed by atoms with Crippen molar-refractivity contribution in [3.63, 3.8) is 0 Å². The second-order valence-corrected chi connectivity index (χ2v) is 8.09. The van der Waals surface area contributed by atoms with Crippen molar-refractivity contribution in [2.24, 2.45) is 0 Å². The van der Waals surface area contributed by atoms with E-state index in [4.69, 9.17) is 0 Å². The number of nitrogens with zero attached hydrogens (tertiary/aromatic N) is 2. The fourth-order valence-corrected chi connectivity index (χ4v) is 3.88. The lowest BCUT2D eigenvalue weighted by Gasteiger charge is -2.19. The van der Waals surface area contributed by atoms with Gasteiger partial charge in [-0.3, -0.25) is 19.7 Å². The molecule has 7 nitrogen and oxygen atoms in total. The number of nitro benzene ring substituents is 1. The SMILES string of the molecule is Cc1cccc(NC2=C(c3ccc([N+](=O)[O-])cc3)C(=O)N(c3cccc(C)c3C)C2=O)c1C. The third-order valence-corrected chi connectivity index (χ3v) is 6.13. The zero-order chi connectivity index (χ0) is 23.9. The van der Waals surface area contributed by atoms with Crippen LogP contribution >= 0.6 is 0 Å². The minimum absolute atomic E-state index is 0.0912. The Bertz CT molecular complexity index is 1340. The summed E-state index contributed by atoms with van der Waals surface area (Å²) < 4.78 is 0. The van der Waals surface area contributed by atoms with Gasteiger partial charge in [0.15, 0.2) is 0 Å². The van der Waals surface area contributed by atoms with Crippen molar-refractivity contribution in [3.05, 3.63) is 104 Å². The summed E-state index contributed by atoms with van der Waals surface area (Å²) in [5, 5.41) is 14.3. The molecule has 0 saturated carbocycles. The summed E-state index contributed by atoms with van der Waals surface area (Å²) >= 11 is 0. The van der Waals surface area contributed by atoms with E-state index in [-0.39, 0.29) is 17.0 Å². The number of nitro groups is 1. The number of benzene rings is 3. The molecule has 33 heavy (non-hydrogen) atoms. The maximum Gasteiger partial charge on any atom is 0.282 e. The summed E-state index contributed by atoms with van der Waals surface area (Å²) in [7, 11) is 0. The summed E-state index contributed by atoms with van der Waals surface area (Å²) in [6.45, 7) is 7.69.